The lowest BCUT2D eigenvalue weighted by atomic mass is 9.89. The molecule has 3 unspecified atom stereocenters. The average molecular weight is 297 g/mol. The summed E-state index contributed by atoms with van der Waals surface area (Å²) >= 11 is 0. The second kappa shape index (κ2) is 5.59. The number of hydrogen-bond acceptors (Lipinski definition) is 4. The fourth-order valence-corrected chi connectivity index (χ4v) is 3.90. The van der Waals surface area contributed by atoms with Gasteiger partial charge in [0, 0.05) is 11.6 Å². The summed E-state index contributed by atoms with van der Waals surface area (Å²) in [5.74, 6) is 2.05. The second-order valence-electron chi connectivity index (χ2n) is 6.44. The summed E-state index contributed by atoms with van der Waals surface area (Å²) in [6.45, 7) is 0.197. The predicted molar refractivity (Wildman–Crippen MR) is 80.7 cm³/mol. The highest BCUT2D eigenvalue weighted by Crippen LogP contribution is 2.48. The van der Waals surface area contributed by atoms with E-state index in [1.807, 2.05) is 36.4 Å². The first-order valence-electron chi connectivity index (χ1n) is 7.97. The second-order valence-corrected chi connectivity index (χ2v) is 6.44. The zero-order valence-electron chi connectivity index (χ0n) is 12.4. The van der Waals surface area contributed by atoms with Crippen LogP contribution in [0, 0.1) is 17.8 Å². The lowest BCUT2D eigenvalue weighted by Gasteiger charge is -2.19. The van der Waals surface area contributed by atoms with Crippen LogP contribution in [0.25, 0.3) is 11.3 Å². The van der Waals surface area contributed by atoms with E-state index in [-0.39, 0.29) is 18.5 Å². The summed E-state index contributed by atoms with van der Waals surface area (Å²) < 4.78 is 10.8. The van der Waals surface area contributed by atoms with Gasteiger partial charge in [-0.25, -0.2) is 0 Å². The Balaban J connectivity index is 1.36. The maximum Gasteiger partial charge on any atom is 0.309 e. The molecule has 4 nitrogen and oxygen atoms in total. The van der Waals surface area contributed by atoms with E-state index in [1.165, 1.54) is 19.3 Å². The van der Waals surface area contributed by atoms with Crippen LogP contribution in [0.5, 0.6) is 0 Å². The number of ether oxygens (including phenoxy) is 1. The number of carbonyl (C=O) groups excluding carboxylic acids is 1. The zero-order valence-corrected chi connectivity index (χ0v) is 12.4. The lowest BCUT2D eigenvalue weighted by molar-refractivity contribution is -0.151. The van der Waals surface area contributed by atoms with Crippen LogP contribution >= 0.6 is 0 Å². The van der Waals surface area contributed by atoms with Crippen molar-refractivity contribution in [3.05, 3.63) is 42.1 Å². The fraction of sp³-hybridized carbons (Fsp3) is 0.444. The molecule has 2 aliphatic carbocycles. The Hall–Kier alpha value is -2.10. The van der Waals surface area contributed by atoms with E-state index in [2.05, 4.69) is 5.16 Å². The van der Waals surface area contributed by atoms with Gasteiger partial charge in [-0.05, 0) is 31.1 Å². The molecule has 1 heterocycles. The van der Waals surface area contributed by atoms with E-state index < -0.39 is 0 Å². The van der Waals surface area contributed by atoms with Crippen LogP contribution in [0.4, 0.5) is 0 Å². The van der Waals surface area contributed by atoms with Gasteiger partial charge in [0.1, 0.15) is 12.3 Å². The van der Waals surface area contributed by atoms with E-state index in [1.54, 1.807) is 0 Å². The van der Waals surface area contributed by atoms with Crippen LogP contribution in [0.2, 0.25) is 0 Å². The molecule has 0 spiro atoms. The molecular weight excluding hydrogens is 278 g/mol. The maximum absolute atomic E-state index is 12.2. The van der Waals surface area contributed by atoms with Crippen molar-refractivity contribution in [2.45, 2.75) is 32.3 Å². The van der Waals surface area contributed by atoms with Crippen molar-refractivity contribution < 1.29 is 14.1 Å². The van der Waals surface area contributed by atoms with Gasteiger partial charge in [0.2, 0.25) is 0 Å². The zero-order chi connectivity index (χ0) is 14.9. The lowest BCUT2D eigenvalue weighted by Crippen LogP contribution is -2.23. The van der Waals surface area contributed by atoms with Gasteiger partial charge in [0.05, 0.1) is 5.92 Å². The van der Waals surface area contributed by atoms with Crippen LogP contribution < -0.4 is 0 Å². The molecule has 2 bridgehead atoms. The van der Waals surface area contributed by atoms with E-state index in [0.717, 1.165) is 17.9 Å². The minimum atomic E-state index is -0.0588. The van der Waals surface area contributed by atoms with Crippen molar-refractivity contribution in [2.24, 2.45) is 17.8 Å². The Morgan fingerprint density at radius 1 is 1.23 bits per heavy atom. The minimum absolute atomic E-state index is 0.0588. The van der Waals surface area contributed by atoms with Crippen LogP contribution in [-0.2, 0) is 16.1 Å². The van der Waals surface area contributed by atoms with Gasteiger partial charge in [-0.15, -0.1) is 0 Å². The molecule has 22 heavy (non-hydrogen) atoms. The molecule has 4 rings (SSSR count). The van der Waals surface area contributed by atoms with Crippen LogP contribution in [0.3, 0.4) is 0 Å². The van der Waals surface area contributed by atoms with Crippen molar-refractivity contribution >= 4 is 5.97 Å². The SMILES string of the molecule is O=C(OCc1cc(-c2ccccc2)on1)C1CC2CCC1C2. The molecule has 0 amide bonds. The summed E-state index contributed by atoms with van der Waals surface area (Å²) in [4.78, 5) is 12.2. The third-order valence-electron chi connectivity index (χ3n) is 5.02. The predicted octanol–water partition coefficient (Wildman–Crippen LogP) is 3.82. The summed E-state index contributed by atoms with van der Waals surface area (Å²) in [6, 6.07) is 11.6. The Labute approximate surface area is 129 Å². The van der Waals surface area contributed by atoms with E-state index in [9.17, 15) is 4.79 Å². The van der Waals surface area contributed by atoms with Gasteiger partial charge in [-0.1, -0.05) is 41.9 Å². The molecule has 0 saturated heterocycles. The molecule has 1 aromatic heterocycles. The number of fused-ring (bicyclic) bond motifs is 2. The monoisotopic (exact) mass is 297 g/mol. The van der Waals surface area contributed by atoms with Crippen LogP contribution in [0.1, 0.15) is 31.4 Å². The summed E-state index contributed by atoms with van der Waals surface area (Å²) in [5, 5.41) is 3.99. The molecule has 114 valence electrons. The van der Waals surface area contributed by atoms with Crippen molar-refractivity contribution in [1.29, 1.82) is 0 Å². The van der Waals surface area contributed by atoms with Gasteiger partial charge >= 0.3 is 5.97 Å². The van der Waals surface area contributed by atoms with Crippen molar-refractivity contribution in [2.75, 3.05) is 0 Å². The molecule has 2 fully saturated rings. The highest BCUT2D eigenvalue weighted by atomic mass is 16.5. The molecule has 2 aromatic rings. The highest BCUT2D eigenvalue weighted by molar-refractivity contribution is 5.73. The molecule has 2 saturated carbocycles. The maximum atomic E-state index is 12.2. The Morgan fingerprint density at radius 2 is 2.09 bits per heavy atom. The number of hydrogen-bond donors (Lipinski definition) is 0. The number of nitrogens with zero attached hydrogens (tertiary/aromatic N) is 1. The molecule has 1 aromatic carbocycles. The first-order chi connectivity index (χ1) is 10.8. The molecule has 3 atom stereocenters. The summed E-state index contributed by atoms with van der Waals surface area (Å²) in [7, 11) is 0. The Morgan fingerprint density at radius 3 is 2.82 bits per heavy atom. The van der Waals surface area contributed by atoms with Crippen molar-refractivity contribution in [3.8, 4) is 11.3 Å². The molecular formula is C18H19NO3. The average Bonchev–Trinajstić information content (AvgIpc) is 3.29. The number of benzene rings is 1. The number of carbonyl (C=O) groups is 1. The molecule has 2 aliphatic rings. The smallest absolute Gasteiger partial charge is 0.309 e. The van der Waals surface area contributed by atoms with E-state index >= 15 is 0 Å². The van der Waals surface area contributed by atoms with Crippen molar-refractivity contribution in [3.63, 3.8) is 0 Å². The molecule has 0 radical (unpaired) electrons. The topological polar surface area (TPSA) is 52.3 Å². The van der Waals surface area contributed by atoms with E-state index in [0.29, 0.717) is 17.4 Å². The summed E-state index contributed by atoms with van der Waals surface area (Å²) in [5.41, 5.74) is 1.64. The Bertz CT molecular complexity index is 664. The van der Waals surface area contributed by atoms with E-state index in [4.69, 9.17) is 9.26 Å². The van der Waals surface area contributed by atoms with Crippen molar-refractivity contribution in [1.82, 2.24) is 5.16 Å². The van der Waals surface area contributed by atoms with Crippen LogP contribution in [0.15, 0.2) is 40.9 Å². The number of esters is 1. The van der Waals surface area contributed by atoms with Gasteiger partial charge < -0.3 is 9.26 Å². The third kappa shape index (κ3) is 2.54. The Kier molecular flexibility index (Phi) is 3.45. The normalized spacial score (nSPS) is 26.3. The van der Waals surface area contributed by atoms with Gasteiger partial charge in [0.15, 0.2) is 5.76 Å². The fourth-order valence-electron chi connectivity index (χ4n) is 3.90. The quantitative estimate of drug-likeness (QED) is 0.805. The third-order valence-corrected chi connectivity index (χ3v) is 5.02. The standard InChI is InChI=1S/C18H19NO3/c20-18(16-9-12-6-7-14(16)8-12)21-11-15-10-17(22-19-15)13-4-2-1-3-5-13/h1-5,10,12,14,16H,6-9,11H2. The summed E-state index contributed by atoms with van der Waals surface area (Å²) in [6.07, 6.45) is 4.70. The largest absolute Gasteiger partial charge is 0.459 e. The first-order valence-corrected chi connectivity index (χ1v) is 7.97. The highest BCUT2D eigenvalue weighted by Gasteiger charge is 2.43. The minimum Gasteiger partial charge on any atom is -0.459 e. The molecule has 0 N–H and O–H groups in total. The van der Waals surface area contributed by atoms with Gasteiger partial charge in [0.25, 0.3) is 0 Å². The van der Waals surface area contributed by atoms with Gasteiger partial charge in [-0.2, -0.15) is 0 Å². The van der Waals surface area contributed by atoms with Crippen LogP contribution in [-0.4, -0.2) is 11.1 Å². The van der Waals surface area contributed by atoms with Gasteiger partial charge in [-0.3, -0.25) is 4.79 Å². The molecule has 4 heteroatoms. The number of aromatic nitrogens is 1. The molecule has 0 aliphatic heterocycles. The number of rotatable bonds is 4. The first kappa shape index (κ1) is 13.6.